The van der Waals surface area contributed by atoms with Gasteiger partial charge in [0.05, 0.1) is 30.8 Å². The van der Waals surface area contributed by atoms with Gasteiger partial charge in [-0.15, -0.1) is 0 Å². The zero-order valence-electron chi connectivity index (χ0n) is 17.1. The van der Waals surface area contributed by atoms with Crippen molar-refractivity contribution in [2.75, 3.05) is 13.1 Å². The van der Waals surface area contributed by atoms with E-state index in [2.05, 4.69) is 14.6 Å². The smallest absolute Gasteiger partial charge is 0.279 e. The number of fused-ring (bicyclic) bond motifs is 3. The number of nitrogens with one attached hydrogen (secondary N) is 2. The number of oxime groups is 1. The van der Waals surface area contributed by atoms with Gasteiger partial charge in [0.2, 0.25) is 20.0 Å². The maximum absolute atomic E-state index is 12.5. The molecule has 0 amide bonds. The Labute approximate surface area is 187 Å². The first-order chi connectivity index (χ1) is 15.4. The lowest BCUT2D eigenvalue weighted by Gasteiger charge is -2.09. The average Bonchev–Trinajstić information content (AvgIpc) is 3.05. The van der Waals surface area contributed by atoms with Crippen molar-refractivity contribution in [2.24, 2.45) is 5.16 Å². The summed E-state index contributed by atoms with van der Waals surface area (Å²) in [6.07, 6.45) is 0. The highest BCUT2D eigenvalue weighted by Gasteiger charge is 2.41. The molecule has 0 saturated heterocycles. The summed E-state index contributed by atoms with van der Waals surface area (Å²) in [5.74, 6) is 0. The molecule has 1 aliphatic carbocycles. The number of nitro benzene ring substituents is 2. The molecular weight excluding hydrogens is 482 g/mol. The van der Waals surface area contributed by atoms with Crippen molar-refractivity contribution in [3.63, 3.8) is 0 Å². The molecule has 14 nitrogen and oxygen atoms in total. The summed E-state index contributed by atoms with van der Waals surface area (Å²) in [6, 6.07) is 3.40. The van der Waals surface area contributed by atoms with E-state index < -0.39 is 56.8 Å². The zero-order chi connectivity index (χ0) is 24.7. The Morgan fingerprint density at radius 2 is 1.18 bits per heavy atom. The summed E-state index contributed by atoms with van der Waals surface area (Å²) in [7, 11) is -8.41. The van der Waals surface area contributed by atoms with Crippen LogP contribution in [0, 0.1) is 20.2 Å². The molecule has 2 aromatic carbocycles. The first kappa shape index (κ1) is 24.2. The Hall–Kier alpha value is -3.47. The molecule has 0 saturated carbocycles. The first-order valence-electron chi connectivity index (χ1n) is 9.27. The minimum absolute atomic E-state index is 0.0223. The van der Waals surface area contributed by atoms with Crippen LogP contribution in [-0.4, -0.2) is 50.7 Å². The second kappa shape index (κ2) is 8.47. The summed E-state index contributed by atoms with van der Waals surface area (Å²) in [5.41, 5.74) is -3.33. The fraction of sp³-hybridized carbons (Fsp3) is 0.235. The number of sulfonamides is 2. The van der Waals surface area contributed by atoms with Gasteiger partial charge >= 0.3 is 0 Å². The number of benzene rings is 2. The van der Waals surface area contributed by atoms with E-state index in [0.717, 1.165) is 24.3 Å². The van der Waals surface area contributed by atoms with E-state index in [1.54, 1.807) is 0 Å². The summed E-state index contributed by atoms with van der Waals surface area (Å²) in [5, 5.41) is 36.3. The normalized spacial score (nSPS) is 12.8. The van der Waals surface area contributed by atoms with E-state index in [1.807, 2.05) is 0 Å². The quantitative estimate of drug-likeness (QED) is 0.231. The molecule has 0 aromatic heterocycles. The standard InChI is InChI=1S/C17H17N5O9S2/c1-3-18-32(28,29)9-5-11-15(13(7-9)21(24)25)16-12(17(11)20-23)6-10(8-14(16)22(26)27)33(30,31)19-4-2/h5-8,18-19,23H,3-4H2,1-2H3. The molecule has 0 fully saturated rings. The third kappa shape index (κ3) is 4.04. The Balaban J connectivity index is 2.48. The molecule has 0 bridgehead atoms. The Morgan fingerprint density at radius 3 is 1.45 bits per heavy atom. The number of hydrogen-bond donors (Lipinski definition) is 3. The fourth-order valence-electron chi connectivity index (χ4n) is 3.50. The molecule has 2 aromatic rings. The van der Waals surface area contributed by atoms with Crippen LogP contribution < -0.4 is 9.44 Å². The van der Waals surface area contributed by atoms with Crippen molar-refractivity contribution in [1.29, 1.82) is 0 Å². The average molecular weight is 499 g/mol. The summed E-state index contributed by atoms with van der Waals surface area (Å²) in [6.45, 7) is 2.94. The molecule has 3 rings (SSSR count). The van der Waals surface area contributed by atoms with Gasteiger partial charge in [0.25, 0.3) is 11.4 Å². The predicted molar refractivity (Wildman–Crippen MR) is 114 cm³/mol. The molecule has 0 unspecified atom stereocenters. The van der Waals surface area contributed by atoms with Crippen LogP contribution >= 0.6 is 0 Å². The highest BCUT2D eigenvalue weighted by atomic mass is 32.2. The molecule has 33 heavy (non-hydrogen) atoms. The van der Waals surface area contributed by atoms with Gasteiger partial charge < -0.3 is 5.21 Å². The van der Waals surface area contributed by atoms with Crippen molar-refractivity contribution < 1.29 is 31.9 Å². The van der Waals surface area contributed by atoms with Gasteiger partial charge in [0, 0.05) is 36.3 Å². The van der Waals surface area contributed by atoms with Crippen LogP contribution in [-0.2, 0) is 20.0 Å². The summed E-state index contributed by atoms with van der Waals surface area (Å²) >= 11 is 0. The molecule has 0 spiro atoms. The minimum Gasteiger partial charge on any atom is -0.410 e. The third-order valence-electron chi connectivity index (χ3n) is 4.73. The molecular formula is C17H17N5O9S2. The van der Waals surface area contributed by atoms with Crippen molar-refractivity contribution >= 4 is 37.1 Å². The van der Waals surface area contributed by atoms with E-state index >= 15 is 0 Å². The van der Waals surface area contributed by atoms with E-state index in [4.69, 9.17) is 0 Å². The van der Waals surface area contributed by atoms with Gasteiger partial charge in [-0.05, 0) is 12.1 Å². The van der Waals surface area contributed by atoms with Crippen molar-refractivity contribution in [2.45, 2.75) is 23.6 Å². The van der Waals surface area contributed by atoms with Gasteiger partial charge in [0.1, 0.15) is 5.71 Å². The molecule has 0 heterocycles. The van der Waals surface area contributed by atoms with Crippen LogP contribution in [0.3, 0.4) is 0 Å². The Morgan fingerprint density at radius 1 is 0.818 bits per heavy atom. The lowest BCUT2D eigenvalue weighted by Crippen LogP contribution is -2.23. The summed E-state index contributed by atoms with van der Waals surface area (Å²) in [4.78, 5) is 20.7. The van der Waals surface area contributed by atoms with E-state index in [9.17, 15) is 42.3 Å². The molecule has 0 radical (unpaired) electrons. The molecule has 1 aliphatic rings. The largest absolute Gasteiger partial charge is 0.410 e. The lowest BCUT2D eigenvalue weighted by molar-refractivity contribution is -0.386. The molecule has 176 valence electrons. The fourth-order valence-corrected chi connectivity index (χ4v) is 5.67. The van der Waals surface area contributed by atoms with Crippen LogP contribution in [0.4, 0.5) is 11.4 Å². The number of rotatable bonds is 8. The van der Waals surface area contributed by atoms with E-state index in [1.165, 1.54) is 13.8 Å². The van der Waals surface area contributed by atoms with Crippen molar-refractivity contribution in [3.8, 4) is 11.1 Å². The zero-order valence-corrected chi connectivity index (χ0v) is 18.7. The predicted octanol–water partition coefficient (Wildman–Crippen LogP) is 1.31. The van der Waals surface area contributed by atoms with Crippen molar-refractivity contribution in [3.05, 3.63) is 55.6 Å². The number of nitrogens with zero attached hydrogens (tertiary/aromatic N) is 3. The SMILES string of the molecule is CCNS(=O)(=O)c1cc2c(c([N+](=O)[O-])c1)-c1c(cc(S(=O)(=O)NCC)cc1[N+](=O)[O-])C2=NO. The van der Waals surface area contributed by atoms with Gasteiger partial charge in [-0.1, -0.05) is 19.0 Å². The van der Waals surface area contributed by atoms with Gasteiger partial charge in [0.15, 0.2) is 0 Å². The van der Waals surface area contributed by atoms with Crippen LogP contribution in [0.2, 0.25) is 0 Å². The molecule has 0 aliphatic heterocycles. The third-order valence-corrected chi connectivity index (χ3v) is 7.78. The van der Waals surface area contributed by atoms with Crippen molar-refractivity contribution in [1.82, 2.24) is 9.44 Å². The summed E-state index contributed by atoms with van der Waals surface area (Å²) < 4.78 is 54.2. The number of nitro groups is 2. The van der Waals surface area contributed by atoms with E-state index in [0.29, 0.717) is 0 Å². The van der Waals surface area contributed by atoms with Crippen LogP contribution in [0.15, 0.2) is 39.2 Å². The Kier molecular flexibility index (Phi) is 6.20. The molecule has 0 atom stereocenters. The first-order valence-corrected chi connectivity index (χ1v) is 12.2. The molecule has 16 heteroatoms. The highest BCUT2D eigenvalue weighted by Crippen LogP contribution is 2.49. The minimum atomic E-state index is -4.20. The van der Waals surface area contributed by atoms with Crippen LogP contribution in [0.1, 0.15) is 25.0 Å². The lowest BCUT2D eigenvalue weighted by atomic mass is 10.0. The van der Waals surface area contributed by atoms with Gasteiger partial charge in [-0.3, -0.25) is 20.2 Å². The van der Waals surface area contributed by atoms with E-state index in [-0.39, 0.29) is 35.3 Å². The Bertz CT molecular complexity index is 1330. The number of hydrogen-bond acceptors (Lipinski definition) is 10. The maximum atomic E-state index is 12.5. The second-order valence-corrected chi connectivity index (χ2v) is 10.2. The second-order valence-electron chi connectivity index (χ2n) is 6.70. The highest BCUT2D eigenvalue weighted by molar-refractivity contribution is 7.89. The maximum Gasteiger partial charge on any atom is 0.279 e. The monoisotopic (exact) mass is 499 g/mol. The topological polar surface area (TPSA) is 211 Å². The van der Waals surface area contributed by atoms with Gasteiger partial charge in [-0.25, -0.2) is 26.3 Å². The van der Waals surface area contributed by atoms with Gasteiger partial charge in [-0.2, -0.15) is 0 Å². The van der Waals surface area contributed by atoms with Crippen LogP contribution in [0.25, 0.3) is 11.1 Å². The van der Waals surface area contributed by atoms with Crippen LogP contribution in [0.5, 0.6) is 0 Å². The molecule has 3 N–H and O–H groups in total.